The summed E-state index contributed by atoms with van der Waals surface area (Å²) in [6.45, 7) is 6.03. The van der Waals surface area contributed by atoms with Crippen LogP contribution in [0, 0.1) is 0 Å². The molecule has 0 saturated carbocycles. The lowest BCUT2D eigenvalue weighted by atomic mass is 9.84. The van der Waals surface area contributed by atoms with E-state index in [4.69, 9.17) is 5.53 Å². The summed E-state index contributed by atoms with van der Waals surface area (Å²) < 4.78 is 0. The number of carbonyl (C=O) groups excluding carboxylic acids is 2. The van der Waals surface area contributed by atoms with Crippen LogP contribution in [0.25, 0.3) is 10.4 Å². The van der Waals surface area contributed by atoms with Crippen LogP contribution in [-0.2, 0) is 25.8 Å². The van der Waals surface area contributed by atoms with E-state index in [0.29, 0.717) is 30.4 Å². The smallest absolute Gasteiger partial charge is 0.150 e. The normalized spacial score (nSPS) is 9.95. The number of aldehydes is 2. The van der Waals surface area contributed by atoms with Crippen molar-refractivity contribution in [3.63, 3.8) is 0 Å². The van der Waals surface area contributed by atoms with Crippen LogP contribution in [-0.4, -0.2) is 12.6 Å². The Bertz CT molecular complexity index is 536. The maximum absolute atomic E-state index is 11.4. The van der Waals surface area contributed by atoms with Gasteiger partial charge in [0.05, 0.1) is 6.54 Å². The van der Waals surface area contributed by atoms with E-state index in [2.05, 4.69) is 10.0 Å². The van der Waals surface area contributed by atoms with E-state index >= 15 is 0 Å². The summed E-state index contributed by atoms with van der Waals surface area (Å²) in [4.78, 5) is 25.7. The van der Waals surface area contributed by atoms with Crippen molar-refractivity contribution < 1.29 is 9.59 Å². The Kier molecular flexibility index (Phi) is 5.94. The highest BCUT2D eigenvalue weighted by molar-refractivity contribution is 5.90. The van der Waals surface area contributed by atoms with Crippen LogP contribution < -0.4 is 0 Å². The van der Waals surface area contributed by atoms with E-state index in [9.17, 15) is 9.59 Å². The summed E-state index contributed by atoms with van der Waals surface area (Å²) in [5, 5.41) is 3.61. The predicted octanol–water partition coefficient (Wildman–Crippen LogP) is 3.81. The summed E-state index contributed by atoms with van der Waals surface area (Å²) in [5.41, 5.74) is 13.1. The first-order chi connectivity index (χ1) is 9.69. The van der Waals surface area contributed by atoms with Crippen LogP contribution in [0.15, 0.2) is 5.11 Å². The van der Waals surface area contributed by atoms with Gasteiger partial charge in [-0.2, -0.15) is 0 Å². The van der Waals surface area contributed by atoms with E-state index in [1.807, 2.05) is 20.8 Å². The fraction of sp³-hybridized carbons (Fsp3) is 0.467. The van der Waals surface area contributed by atoms with Gasteiger partial charge >= 0.3 is 0 Å². The molecule has 0 spiro atoms. The largest absolute Gasteiger partial charge is 0.298 e. The molecule has 0 aliphatic carbocycles. The first kappa shape index (κ1) is 15.9. The van der Waals surface area contributed by atoms with Crippen molar-refractivity contribution in [3.05, 3.63) is 43.8 Å². The molecule has 20 heavy (non-hydrogen) atoms. The van der Waals surface area contributed by atoms with Gasteiger partial charge in [-0.1, -0.05) is 25.9 Å². The number of rotatable bonds is 7. The highest BCUT2D eigenvalue weighted by atomic mass is 16.1. The monoisotopic (exact) mass is 273 g/mol. The standard InChI is InChI=1S/C15H19N3O2/c1-4-10-13(7-17-18-16)11(5-2)15(9-20)12(6-3)14(10)8-19/h8-9H,4-7H2,1-3H3. The van der Waals surface area contributed by atoms with Crippen LogP contribution in [0.4, 0.5) is 0 Å². The SMILES string of the molecule is CCc1c(C=O)c(CC)c(CN=[N+]=[N-])c(CC)c1C=O. The predicted molar refractivity (Wildman–Crippen MR) is 78.2 cm³/mol. The number of azide groups is 1. The molecular formula is C15H19N3O2. The third-order valence-electron chi connectivity index (χ3n) is 3.62. The van der Waals surface area contributed by atoms with Gasteiger partial charge in [-0.25, -0.2) is 0 Å². The minimum absolute atomic E-state index is 0.175. The van der Waals surface area contributed by atoms with Crippen molar-refractivity contribution in [2.75, 3.05) is 0 Å². The fourth-order valence-electron chi connectivity index (χ4n) is 2.78. The van der Waals surface area contributed by atoms with Crippen molar-refractivity contribution in [2.24, 2.45) is 5.11 Å². The lowest BCUT2D eigenvalue weighted by Crippen LogP contribution is -2.12. The second kappa shape index (κ2) is 7.46. The van der Waals surface area contributed by atoms with E-state index in [1.165, 1.54) is 0 Å². The topological polar surface area (TPSA) is 82.9 Å². The van der Waals surface area contributed by atoms with Crippen molar-refractivity contribution in [1.82, 2.24) is 0 Å². The van der Waals surface area contributed by atoms with Gasteiger partial charge in [0.1, 0.15) is 0 Å². The number of carbonyl (C=O) groups is 2. The molecule has 5 nitrogen and oxygen atoms in total. The van der Waals surface area contributed by atoms with E-state index in [1.54, 1.807) is 0 Å². The summed E-state index contributed by atoms with van der Waals surface area (Å²) in [5.74, 6) is 0. The van der Waals surface area contributed by atoms with Gasteiger partial charge in [0, 0.05) is 16.0 Å². The molecule has 1 aromatic rings. The third-order valence-corrected chi connectivity index (χ3v) is 3.62. The molecule has 106 valence electrons. The third kappa shape index (κ3) is 2.73. The zero-order valence-electron chi connectivity index (χ0n) is 12.1. The zero-order valence-corrected chi connectivity index (χ0v) is 12.1. The average molecular weight is 273 g/mol. The quantitative estimate of drug-likeness (QED) is 0.327. The lowest BCUT2D eigenvalue weighted by molar-refractivity contribution is 0.112. The Balaban J connectivity index is 3.82. The number of hydrogen-bond donors (Lipinski definition) is 0. The van der Waals surface area contributed by atoms with Crippen molar-refractivity contribution in [1.29, 1.82) is 0 Å². The number of hydrogen-bond acceptors (Lipinski definition) is 3. The first-order valence-corrected chi connectivity index (χ1v) is 6.80. The molecule has 0 radical (unpaired) electrons. The van der Waals surface area contributed by atoms with Gasteiger partial charge in [-0.15, -0.1) is 0 Å². The second-order valence-corrected chi connectivity index (χ2v) is 4.43. The van der Waals surface area contributed by atoms with Crippen LogP contribution in [0.2, 0.25) is 0 Å². The molecule has 0 amide bonds. The molecule has 1 aromatic carbocycles. The molecule has 0 saturated heterocycles. The van der Waals surface area contributed by atoms with Crippen LogP contribution in [0.3, 0.4) is 0 Å². The van der Waals surface area contributed by atoms with E-state index in [-0.39, 0.29) is 6.54 Å². The molecule has 5 heteroatoms. The molecule has 0 fully saturated rings. The summed E-state index contributed by atoms with van der Waals surface area (Å²) in [7, 11) is 0. The van der Waals surface area contributed by atoms with E-state index < -0.39 is 0 Å². The number of nitrogens with zero attached hydrogens (tertiary/aromatic N) is 3. The van der Waals surface area contributed by atoms with Crippen molar-refractivity contribution in [3.8, 4) is 0 Å². The molecule has 0 N–H and O–H groups in total. The van der Waals surface area contributed by atoms with Gasteiger partial charge in [0.2, 0.25) is 0 Å². The summed E-state index contributed by atoms with van der Waals surface area (Å²) >= 11 is 0. The molecule has 0 unspecified atom stereocenters. The lowest BCUT2D eigenvalue weighted by Gasteiger charge is -2.20. The maximum atomic E-state index is 11.4. The minimum Gasteiger partial charge on any atom is -0.298 e. The summed E-state index contributed by atoms with van der Waals surface area (Å²) in [6, 6.07) is 0. The molecule has 0 atom stereocenters. The Hall–Kier alpha value is -2.13. The Labute approximate surface area is 118 Å². The van der Waals surface area contributed by atoms with Crippen LogP contribution in [0.1, 0.15) is 63.7 Å². The van der Waals surface area contributed by atoms with Crippen molar-refractivity contribution in [2.45, 2.75) is 46.6 Å². The van der Waals surface area contributed by atoms with Gasteiger partial charge in [0.15, 0.2) is 12.6 Å². The van der Waals surface area contributed by atoms with E-state index in [0.717, 1.165) is 34.8 Å². The minimum atomic E-state index is 0.175. The fourth-order valence-corrected chi connectivity index (χ4v) is 2.78. The first-order valence-electron chi connectivity index (χ1n) is 6.80. The zero-order chi connectivity index (χ0) is 15.1. The summed E-state index contributed by atoms with van der Waals surface area (Å²) in [6.07, 6.45) is 3.59. The molecule has 0 aliphatic heterocycles. The van der Waals surface area contributed by atoms with Crippen molar-refractivity contribution >= 4 is 12.6 Å². The number of benzene rings is 1. The Morgan fingerprint density at radius 3 is 1.65 bits per heavy atom. The molecular weight excluding hydrogens is 254 g/mol. The second-order valence-electron chi connectivity index (χ2n) is 4.43. The molecule has 0 aromatic heterocycles. The molecule has 0 heterocycles. The Morgan fingerprint density at radius 2 is 1.35 bits per heavy atom. The van der Waals surface area contributed by atoms with Gasteiger partial charge in [0.25, 0.3) is 0 Å². The molecule has 1 rings (SSSR count). The van der Waals surface area contributed by atoms with Crippen LogP contribution in [0.5, 0.6) is 0 Å². The highest BCUT2D eigenvalue weighted by Gasteiger charge is 2.20. The van der Waals surface area contributed by atoms with Gasteiger partial charge in [-0.05, 0) is 47.0 Å². The Morgan fingerprint density at radius 1 is 0.900 bits per heavy atom. The highest BCUT2D eigenvalue weighted by Crippen LogP contribution is 2.29. The molecule has 0 bridgehead atoms. The average Bonchev–Trinajstić information content (AvgIpc) is 2.49. The van der Waals surface area contributed by atoms with Gasteiger partial charge in [-0.3, -0.25) is 9.59 Å². The van der Waals surface area contributed by atoms with Crippen LogP contribution >= 0.6 is 0 Å². The maximum Gasteiger partial charge on any atom is 0.150 e. The molecule has 0 aliphatic rings. The van der Waals surface area contributed by atoms with Gasteiger partial charge < -0.3 is 0 Å².